The van der Waals surface area contributed by atoms with E-state index in [9.17, 15) is 14.3 Å². The van der Waals surface area contributed by atoms with Crippen LogP contribution in [0.25, 0.3) is 0 Å². The number of carbonyl (C=O) groups excluding carboxylic acids is 1. The molecular formula is C28H26ClFN8O3. The lowest BCUT2D eigenvalue weighted by molar-refractivity contribution is 0.102. The number of morpholine rings is 1. The van der Waals surface area contributed by atoms with E-state index in [1.807, 2.05) is 6.92 Å². The number of amides is 1. The number of anilines is 4. The number of rotatable bonds is 8. The van der Waals surface area contributed by atoms with Gasteiger partial charge in [-0.15, -0.1) is 5.11 Å². The fourth-order valence-corrected chi connectivity index (χ4v) is 4.44. The molecule has 0 aliphatic carbocycles. The highest BCUT2D eigenvalue weighted by atomic mass is 35.5. The molecule has 3 N–H and O–H groups in total. The van der Waals surface area contributed by atoms with E-state index < -0.39 is 11.7 Å². The summed E-state index contributed by atoms with van der Waals surface area (Å²) >= 11 is 6.08. The molecule has 41 heavy (non-hydrogen) atoms. The molecule has 210 valence electrons. The predicted molar refractivity (Wildman–Crippen MR) is 153 cm³/mol. The summed E-state index contributed by atoms with van der Waals surface area (Å²) in [5.74, 6) is -0.761. The van der Waals surface area contributed by atoms with Crippen molar-refractivity contribution in [2.45, 2.75) is 13.5 Å². The molecule has 0 saturated carbocycles. The summed E-state index contributed by atoms with van der Waals surface area (Å²) in [5, 5.41) is 24.7. The zero-order chi connectivity index (χ0) is 28.8. The smallest absolute Gasteiger partial charge is 0.270 e. The molecule has 0 spiro atoms. The second-order valence-electron chi connectivity index (χ2n) is 9.24. The average Bonchev–Trinajstić information content (AvgIpc) is 2.94. The van der Waals surface area contributed by atoms with Gasteiger partial charge in [-0.05, 0) is 55.0 Å². The summed E-state index contributed by atoms with van der Waals surface area (Å²) in [6.07, 6.45) is 2.67. The maximum atomic E-state index is 14.2. The zero-order valence-electron chi connectivity index (χ0n) is 22.0. The number of ether oxygens (including phenoxy) is 1. The Bertz CT molecular complexity index is 1560. The number of aromatic nitrogens is 3. The van der Waals surface area contributed by atoms with E-state index in [1.54, 1.807) is 47.5 Å². The Hall–Kier alpha value is -4.68. The maximum Gasteiger partial charge on any atom is 0.270 e. The number of azo groups is 1. The highest BCUT2D eigenvalue weighted by Crippen LogP contribution is 2.25. The van der Waals surface area contributed by atoms with Crippen LogP contribution < -0.4 is 15.5 Å². The predicted octanol–water partition coefficient (Wildman–Crippen LogP) is 5.79. The first-order chi connectivity index (χ1) is 19.8. The van der Waals surface area contributed by atoms with Crippen LogP contribution in [-0.4, -0.2) is 52.3 Å². The van der Waals surface area contributed by atoms with Gasteiger partial charge in [0.05, 0.1) is 37.0 Å². The number of benzene rings is 2. The Labute approximate surface area is 240 Å². The van der Waals surface area contributed by atoms with Crippen molar-refractivity contribution in [3.63, 3.8) is 0 Å². The minimum atomic E-state index is -0.522. The number of pyridine rings is 1. The minimum absolute atomic E-state index is 0.0559. The Morgan fingerprint density at radius 1 is 1.07 bits per heavy atom. The molecule has 3 heterocycles. The molecule has 1 amide bonds. The van der Waals surface area contributed by atoms with E-state index in [-0.39, 0.29) is 29.6 Å². The molecule has 1 saturated heterocycles. The number of carbonyl (C=O) groups is 1. The van der Waals surface area contributed by atoms with Crippen LogP contribution in [0.3, 0.4) is 0 Å². The molecule has 13 heteroatoms. The third-order valence-corrected chi connectivity index (χ3v) is 6.23. The first-order valence-corrected chi connectivity index (χ1v) is 13.1. The van der Waals surface area contributed by atoms with Gasteiger partial charge >= 0.3 is 0 Å². The number of aromatic hydroxyl groups is 1. The van der Waals surface area contributed by atoms with E-state index >= 15 is 0 Å². The molecule has 0 bridgehead atoms. The number of nitrogens with one attached hydrogen (secondary N) is 2. The summed E-state index contributed by atoms with van der Waals surface area (Å²) in [7, 11) is 0. The van der Waals surface area contributed by atoms with E-state index in [0.717, 1.165) is 11.8 Å². The van der Waals surface area contributed by atoms with Gasteiger partial charge in [-0.2, -0.15) is 10.1 Å². The quantitative estimate of drug-likeness (QED) is 0.224. The monoisotopic (exact) mass is 576 g/mol. The molecule has 11 nitrogen and oxygen atoms in total. The Balaban J connectivity index is 1.20. The van der Waals surface area contributed by atoms with Crippen molar-refractivity contribution in [1.82, 2.24) is 15.0 Å². The van der Waals surface area contributed by atoms with Gasteiger partial charge in [-0.25, -0.2) is 9.37 Å². The number of phenolic OH excluding ortho intramolecular Hbond substituents is 1. The highest BCUT2D eigenvalue weighted by Gasteiger charge is 2.18. The van der Waals surface area contributed by atoms with Gasteiger partial charge in [-0.1, -0.05) is 11.6 Å². The number of aryl methyl sites for hydroxylation is 1. The number of halogens is 2. The Morgan fingerprint density at radius 3 is 2.66 bits per heavy atom. The van der Waals surface area contributed by atoms with Crippen molar-refractivity contribution in [3.8, 4) is 5.75 Å². The van der Waals surface area contributed by atoms with Gasteiger partial charge in [0.2, 0.25) is 0 Å². The zero-order valence-corrected chi connectivity index (χ0v) is 22.8. The van der Waals surface area contributed by atoms with Crippen LogP contribution in [0.2, 0.25) is 5.02 Å². The largest absolute Gasteiger partial charge is 0.508 e. The SMILES string of the molecule is Cc1cc(Cl)cc(NC(=O)c2cc(O)cc(Nc3ccc(CN=Nc4ncc(F)c(N5CCOCC5)n4)nc3)c2)c1. The van der Waals surface area contributed by atoms with Crippen LogP contribution in [0, 0.1) is 12.7 Å². The van der Waals surface area contributed by atoms with Crippen LogP contribution in [0.1, 0.15) is 21.6 Å². The molecule has 0 atom stereocenters. The standard InChI is InChI=1S/C28H26ClFN8O3/c1-17-8-19(29)12-22(9-17)35-27(40)18-10-23(13-24(39)11-18)34-21-3-2-20(31-14-21)15-33-37-28-32-16-25(30)26(36-28)38-4-6-41-7-5-38/h2-3,8-14,16,34,39H,4-7,15H2,1H3,(H,35,40). The average molecular weight is 577 g/mol. The molecule has 1 aliphatic heterocycles. The van der Waals surface area contributed by atoms with Gasteiger partial charge < -0.3 is 25.4 Å². The third kappa shape index (κ3) is 7.50. The fraction of sp³-hybridized carbons (Fsp3) is 0.214. The second kappa shape index (κ2) is 12.7. The second-order valence-corrected chi connectivity index (χ2v) is 9.68. The summed E-state index contributed by atoms with van der Waals surface area (Å²) in [4.78, 5) is 27.0. The molecule has 2 aromatic heterocycles. The Kier molecular flexibility index (Phi) is 8.61. The van der Waals surface area contributed by atoms with Crippen molar-refractivity contribution >= 4 is 46.3 Å². The van der Waals surface area contributed by atoms with Crippen molar-refractivity contribution in [2.24, 2.45) is 10.2 Å². The first-order valence-electron chi connectivity index (χ1n) is 12.7. The molecule has 4 aromatic rings. The van der Waals surface area contributed by atoms with E-state index in [1.165, 1.54) is 12.1 Å². The highest BCUT2D eigenvalue weighted by molar-refractivity contribution is 6.31. The van der Waals surface area contributed by atoms with Crippen molar-refractivity contribution in [2.75, 3.05) is 41.8 Å². The number of hydrogen-bond acceptors (Lipinski definition) is 10. The lowest BCUT2D eigenvalue weighted by atomic mass is 10.1. The molecule has 1 aliphatic rings. The third-order valence-electron chi connectivity index (χ3n) is 6.01. The lowest BCUT2D eigenvalue weighted by Crippen LogP contribution is -2.37. The van der Waals surface area contributed by atoms with Crippen LogP contribution in [-0.2, 0) is 11.3 Å². The lowest BCUT2D eigenvalue weighted by Gasteiger charge is -2.27. The van der Waals surface area contributed by atoms with E-state index in [2.05, 4.69) is 35.8 Å². The minimum Gasteiger partial charge on any atom is -0.508 e. The number of nitrogens with zero attached hydrogens (tertiary/aromatic N) is 6. The number of phenols is 1. The molecule has 1 fully saturated rings. The summed E-state index contributed by atoms with van der Waals surface area (Å²) in [5.41, 5.74) is 3.47. The van der Waals surface area contributed by atoms with Gasteiger partial charge in [0, 0.05) is 41.1 Å². The van der Waals surface area contributed by atoms with Crippen molar-refractivity contribution in [1.29, 1.82) is 0 Å². The van der Waals surface area contributed by atoms with Gasteiger partial charge in [0.15, 0.2) is 11.6 Å². The van der Waals surface area contributed by atoms with Crippen LogP contribution >= 0.6 is 11.6 Å². The summed E-state index contributed by atoms with van der Waals surface area (Å²) in [6, 6.07) is 13.3. The van der Waals surface area contributed by atoms with Gasteiger partial charge in [0.1, 0.15) is 12.3 Å². The summed E-state index contributed by atoms with van der Waals surface area (Å²) < 4.78 is 19.5. The van der Waals surface area contributed by atoms with Crippen LogP contribution in [0.5, 0.6) is 5.75 Å². The van der Waals surface area contributed by atoms with Gasteiger partial charge in [0.25, 0.3) is 11.9 Å². The first kappa shape index (κ1) is 27.9. The fourth-order valence-electron chi connectivity index (χ4n) is 4.15. The molecule has 5 rings (SSSR count). The van der Waals surface area contributed by atoms with Crippen molar-refractivity contribution in [3.05, 3.63) is 88.6 Å². The van der Waals surface area contributed by atoms with E-state index in [4.69, 9.17) is 16.3 Å². The maximum absolute atomic E-state index is 14.2. The molecule has 2 aromatic carbocycles. The topological polar surface area (TPSA) is 137 Å². The van der Waals surface area contributed by atoms with Crippen LogP contribution in [0.15, 0.2) is 71.2 Å². The Morgan fingerprint density at radius 2 is 1.90 bits per heavy atom. The normalized spacial score (nSPS) is 13.4. The molecular weight excluding hydrogens is 551 g/mol. The van der Waals surface area contributed by atoms with Crippen LogP contribution in [0.4, 0.5) is 33.2 Å². The van der Waals surface area contributed by atoms with E-state index in [0.29, 0.717) is 54.1 Å². The number of hydrogen-bond donors (Lipinski definition) is 3. The molecule has 0 radical (unpaired) electrons. The summed E-state index contributed by atoms with van der Waals surface area (Å²) in [6.45, 7) is 4.11. The van der Waals surface area contributed by atoms with Crippen molar-refractivity contribution < 1.29 is 19.0 Å². The van der Waals surface area contributed by atoms with Gasteiger partial charge in [-0.3, -0.25) is 9.78 Å². The molecule has 0 unspecified atom stereocenters.